The van der Waals surface area contributed by atoms with Gasteiger partial charge in [0.25, 0.3) is 0 Å². The van der Waals surface area contributed by atoms with Gasteiger partial charge >= 0.3 is 5.97 Å². The number of pyridine rings is 1. The van der Waals surface area contributed by atoms with Gasteiger partial charge in [0, 0.05) is 62.7 Å². The molecule has 1 N–H and O–H groups in total. The van der Waals surface area contributed by atoms with E-state index >= 15 is 0 Å². The number of aryl methyl sites for hydroxylation is 1. The molecule has 2 aliphatic heterocycles. The van der Waals surface area contributed by atoms with Gasteiger partial charge in [0.15, 0.2) is 5.43 Å². The molecule has 0 aliphatic carbocycles. The molecule has 1 unspecified atom stereocenters. The van der Waals surface area contributed by atoms with Gasteiger partial charge in [0.2, 0.25) is 0 Å². The molecule has 2 aliphatic rings. The summed E-state index contributed by atoms with van der Waals surface area (Å²) in [7, 11) is 3.53. The summed E-state index contributed by atoms with van der Waals surface area (Å²) >= 11 is 0. The number of fused-ring (bicyclic) bond motifs is 6. The van der Waals surface area contributed by atoms with Crippen molar-refractivity contribution in [2.75, 3.05) is 26.9 Å². The summed E-state index contributed by atoms with van der Waals surface area (Å²) in [5.74, 6) is -0.539. The van der Waals surface area contributed by atoms with Crippen molar-refractivity contribution in [3.63, 3.8) is 0 Å². The van der Waals surface area contributed by atoms with Crippen molar-refractivity contribution in [2.24, 2.45) is 7.05 Å². The predicted octanol–water partition coefficient (Wildman–Crippen LogP) is 3.48. The Morgan fingerprint density at radius 1 is 1.23 bits per heavy atom. The van der Waals surface area contributed by atoms with Crippen molar-refractivity contribution in [3.8, 4) is 28.3 Å². The molecule has 0 spiro atoms. The van der Waals surface area contributed by atoms with E-state index in [-0.39, 0.29) is 17.5 Å². The number of methoxy groups -OCH3 is 1. The molecule has 3 aromatic rings. The summed E-state index contributed by atoms with van der Waals surface area (Å²) in [5, 5.41) is 13.9. The van der Waals surface area contributed by atoms with Gasteiger partial charge in [0.05, 0.1) is 36.2 Å². The molecule has 5 rings (SSSR count). The predicted molar refractivity (Wildman–Crippen MR) is 129 cm³/mol. The molecule has 2 atom stereocenters. The van der Waals surface area contributed by atoms with E-state index in [1.165, 1.54) is 12.3 Å². The minimum atomic E-state index is -1.24. The maximum absolute atomic E-state index is 12.8. The molecule has 184 valence electrons. The first-order valence-electron chi connectivity index (χ1n) is 11.6. The lowest BCUT2D eigenvalue weighted by Crippen LogP contribution is -2.36. The largest absolute Gasteiger partial charge is 0.493 e. The van der Waals surface area contributed by atoms with Crippen LogP contribution in [0.25, 0.3) is 22.5 Å². The summed E-state index contributed by atoms with van der Waals surface area (Å²) in [6.45, 7) is 5.56. The number of aromatic carboxylic acids is 1. The molecule has 0 amide bonds. The Bertz CT molecular complexity index is 1360. The average molecular weight is 480 g/mol. The highest BCUT2D eigenvalue weighted by Crippen LogP contribution is 2.54. The van der Waals surface area contributed by atoms with Crippen molar-refractivity contribution in [1.82, 2.24) is 14.3 Å². The smallest absolute Gasteiger partial charge is 0.341 e. The Hall–Kier alpha value is -3.43. The summed E-state index contributed by atoms with van der Waals surface area (Å²) < 4.78 is 21.3. The first-order valence-corrected chi connectivity index (χ1v) is 11.6. The second-order valence-corrected chi connectivity index (χ2v) is 9.59. The van der Waals surface area contributed by atoms with Crippen LogP contribution in [0.15, 0.2) is 41.5 Å². The summed E-state index contributed by atoms with van der Waals surface area (Å²) in [4.78, 5) is 24.5. The van der Waals surface area contributed by atoms with E-state index in [1.807, 2.05) is 43.7 Å². The van der Waals surface area contributed by atoms with Gasteiger partial charge in [-0.3, -0.25) is 9.48 Å². The van der Waals surface area contributed by atoms with E-state index in [0.717, 1.165) is 34.6 Å². The number of carbonyl (C=O) groups is 1. The van der Waals surface area contributed by atoms with Gasteiger partial charge < -0.3 is 23.9 Å². The Balaban J connectivity index is 1.74. The third-order valence-corrected chi connectivity index (χ3v) is 7.01. The molecule has 0 saturated carbocycles. The first-order chi connectivity index (χ1) is 16.7. The van der Waals surface area contributed by atoms with Crippen LogP contribution in [0.3, 0.4) is 0 Å². The lowest BCUT2D eigenvalue weighted by Gasteiger charge is -2.38. The number of rotatable bonds is 7. The summed E-state index contributed by atoms with van der Waals surface area (Å²) in [6, 6.07) is 7.24. The van der Waals surface area contributed by atoms with Crippen LogP contribution < -0.4 is 10.2 Å². The van der Waals surface area contributed by atoms with Crippen LogP contribution in [-0.4, -0.2) is 58.0 Å². The van der Waals surface area contributed by atoms with E-state index < -0.39 is 17.0 Å². The molecule has 0 bridgehead atoms. The van der Waals surface area contributed by atoms with Crippen LogP contribution in [0.1, 0.15) is 48.1 Å². The number of carboxylic acids is 1. The molecule has 1 aromatic carbocycles. The third-order valence-electron chi connectivity index (χ3n) is 7.01. The number of carboxylic acid groups (broad SMARTS) is 1. The SMILES string of the molecule is COCCCOc1cc2c(cc1-c1ccnn1C)-c1cc(=O)c(C(=O)O)cn1C1[C@@H]2COC1(C)C. The van der Waals surface area contributed by atoms with Gasteiger partial charge in [-0.05, 0) is 37.6 Å². The Morgan fingerprint density at radius 2 is 2.03 bits per heavy atom. The number of nitrogens with zero attached hydrogens (tertiary/aromatic N) is 3. The molecule has 1 saturated heterocycles. The summed E-state index contributed by atoms with van der Waals surface area (Å²) in [5.41, 5.74) is 2.95. The molecule has 35 heavy (non-hydrogen) atoms. The third kappa shape index (κ3) is 3.84. The van der Waals surface area contributed by atoms with Crippen LogP contribution in [0.5, 0.6) is 5.75 Å². The lowest BCUT2D eigenvalue weighted by molar-refractivity contribution is 0.0145. The van der Waals surface area contributed by atoms with Crippen LogP contribution in [0.4, 0.5) is 0 Å². The van der Waals surface area contributed by atoms with Gasteiger partial charge in [0.1, 0.15) is 11.3 Å². The highest BCUT2D eigenvalue weighted by molar-refractivity contribution is 5.88. The topological polar surface area (TPSA) is 105 Å². The van der Waals surface area contributed by atoms with E-state index in [0.29, 0.717) is 25.5 Å². The molecule has 1 fully saturated rings. The van der Waals surface area contributed by atoms with Gasteiger partial charge in [-0.25, -0.2) is 4.79 Å². The second kappa shape index (κ2) is 8.66. The lowest BCUT2D eigenvalue weighted by atomic mass is 9.78. The zero-order valence-corrected chi connectivity index (χ0v) is 20.3. The summed E-state index contributed by atoms with van der Waals surface area (Å²) in [6.07, 6.45) is 3.94. The van der Waals surface area contributed by atoms with Gasteiger partial charge in [-0.15, -0.1) is 0 Å². The maximum atomic E-state index is 12.8. The molecular formula is C26H29N3O6. The molecule has 9 nitrogen and oxygen atoms in total. The van der Waals surface area contributed by atoms with Crippen molar-refractivity contribution in [1.29, 1.82) is 0 Å². The van der Waals surface area contributed by atoms with Gasteiger partial charge in [-0.1, -0.05) is 0 Å². The van der Waals surface area contributed by atoms with E-state index in [9.17, 15) is 14.7 Å². The minimum Gasteiger partial charge on any atom is -0.493 e. The quantitative estimate of drug-likeness (QED) is 0.517. The number of benzene rings is 1. The van der Waals surface area contributed by atoms with Crippen LogP contribution in [0.2, 0.25) is 0 Å². The molecule has 9 heteroatoms. The molecule has 2 aromatic heterocycles. The number of aromatic nitrogens is 3. The fourth-order valence-electron chi connectivity index (χ4n) is 5.38. The van der Waals surface area contributed by atoms with Crippen LogP contribution in [0, 0.1) is 0 Å². The van der Waals surface area contributed by atoms with Crippen molar-refractivity contribution in [3.05, 3.63) is 58.0 Å². The molecular weight excluding hydrogens is 450 g/mol. The highest BCUT2D eigenvalue weighted by Gasteiger charge is 2.49. The van der Waals surface area contributed by atoms with Gasteiger partial charge in [-0.2, -0.15) is 5.10 Å². The van der Waals surface area contributed by atoms with E-state index in [1.54, 1.807) is 18.0 Å². The molecule has 0 radical (unpaired) electrons. The minimum absolute atomic E-state index is 0.0291. The normalized spacial score (nSPS) is 19.7. The molecule has 4 heterocycles. The second-order valence-electron chi connectivity index (χ2n) is 9.59. The Kier molecular flexibility index (Phi) is 5.77. The van der Waals surface area contributed by atoms with Crippen LogP contribution in [-0.2, 0) is 16.5 Å². The van der Waals surface area contributed by atoms with E-state index in [2.05, 4.69) is 5.10 Å². The zero-order valence-electron chi connectivity index (χ0n) is 20.3. The standard InChI is InChI=1S/C26H29N3O6/c1-26(2)24-19(14-35-26)15-11-23(34-9-5-8-33-4)17(20-6-7-27-28(20)3)10-16(15)21-12-22(30)18(25(31)32)13-29(21)24/h6-7,10-13,19,24H,5,8-9,14H2,1-4H3,(H,31,32)/t19-,24?/m1/s1. The number of hydrogen-bond acceptors (Lipinski definition) is 6. The fourth-order valence-corrected chi connectivity index (χ4v) is 5.38. The van der Waals surface area contributed by atoms with Crippen LogP contribution >= 0.6 is 0 Å². The fraction of sp³-hybridized carbons (Fsp3) is 0.423. The van der Waals surface area contributed by atoms with Crippen molar-refractivity contribution in [2.45, 2.75) is 37.8 Å². The van der Waals surface area contributed by atoms with E-state index in [4.69, 9.17) is 14.2 Å². The van der Waals surface area contributed by atoms with Crippen molar-refractivity contribution >= 4 is 5.97 Å². The number of hydrogen-bond donors (Lipinski definition) is 1. The monoisotopic (exact) mass is 479 g/mol. The maximum Gasteiger partial charge on any atom is 0.341 e. The Labute approximate surface area is 202 Å². The first kappa shape index (κ1) is 23.3. The average Bonchev–Trinajstić information content (AvgIpc) is 3.38. The van der Waals surface area contributed by atoms with Crippen molar-refractivity contribution < 1.29 is 24.1 Å². The number of ether oxygens (including phenoxy) is 3. The zero-order chi connectivity index (χ0) is 24.9. The Morgan fingerprint density at radius 3 is 2.71 bits per heavy atom. The highest BCUT2D eigenvalue weighted by atomic mass is 16.5.